The van der Waals surface area contributed by atoms with Gasteiger partial charge in [-0.05, 0) is 47.2 Å². The Balaban J connectivity index is 2.31. The quantitative estimate of drug-likeness (QED) is 0.889. The van der Waals surface area contributed by atoms with E-state index in [1.807, 2.05) is 6.92 Å². The van der Waals surface area contributed by atoms with Crippen LogP contribution in [-0.4, -0.2) is 26.1 Å². The second kappa shape index (κ2) is 6.43. The molecule has 0 aliphatic rings. The van der Waals surface area contributed by atoms with E-state index in [9.17, 15) is 0 Å². The molecule has 2 aromatic heterocycles. The predicted molar refractivity (Wildman–Crippen MR) is 85.5 cm³/mol. The van der Waals surface area contributed by atoms with Crippen LogP contribution in [0.25, 0.3) is 0 Å². The molecule has 2 heterocycles. The number of rotatable bonds is 6. The van der Waals surface area contributed by atoms with Crippen molar-refractivity contribution in [3.63, 3.8) is 0 Å². The largest absolute Gasteiger partial charge is 0.310 e. The van der Waals surface area contributed by atoms with Crippen molar-refractivity contribution in [1.29, 1.82) is 0 Å². The zero-order valence-electron chi connectivity index (χ0n) is 14.1. The van der Waals surface area contributed by atoms with Crippen molar-refractivity contribution < 1.29 is 0 Å². The molecule has 0 aliphatic carbocycles. The Labute approximate surface area is 127 Å². The van der Waals surface area contributed by atoms with E-state index in [0.29, 0.717) is 6.04 Å². The Morgan fingerprint density at radius 2 is 1.86 bits per heavy atom. The third-order valence-electron chi connectivity index (χ3n) is 3.98. The molecule has 5 heteroatoms. The number of hydrogen-bond donors (Lipinski definition) is 1. The summed E-state index contributed by atoms with van der Waals surface area (Å²) in [6.45, 7) is 15.4. The molecule has 0 fully saturated rings. The second-order valence-electron chi connectivity index (χ2n) is 5.61. The fourth-order valence-corrected chi connectivity index (χ4v) is 3.05. The summed E-state index contributed by atoms with van der Waals surface area (Å²) in [4.78, 5) is 0. The van der Waals surface area contributed by atoms with Gasteiger partial charge in [0.2, 0.25) is 0 Å². The lowest BCUT2D eigenvalue weighted by Crippen LogP contribution is -2.19. The van der Waals surface area contributed by atoms with E-state index in [0.717, 1.165) is 31.0 Å². The summed E-state index contributed by atoms with van der Waals surface area (Å²) >= 11 is 0. The molecule has 1 N–H and O–H groups in total. The molecule has 0 radical (unpaired) electrons. The third kappa shape index (κ3) is 3.18. The summed E-state index contributed by atoms with van der Waals surface area (Å²) in [5, 5.41) is 12.7. The van der Waals surface area contributed by atoms with Crippen LogP contribution in [0.4, 0.5) is 0 Å². The van der Waals surface area contributed by atoms with Gasteiger partial charge in [-0.1, -0.05) is 6.92 Å². The molecule has 0 amide bonds. The Morgan fingerprint density at radius 3 is 2.48 bits per heavy atom. The van der Waals surface area contributed by atoms with Crippen LogP contribution in [0.3, 0.4) is 0 Å². The first-order valence-electron chi connectivity index (χ1n) is 7.78. The molecule has 5 nitrogen and oxygen atoms in total. The minimum atomic E-state index is 0.335. The van der Waals surface area contributed by atoms with Crippen molar-refractivity contribution in [2.24, 2.45) is 0 Å². The molecule has 0 bridgehead atoms. The Morgan fingerprint density at radius 1 is 1.14 bits per heavy atom. The highest BCUT2D eigenvalue weighted by Crippen LogP contribution is 2.22. The summed E-state index contributed by atoms with van der Waals surface area (Å²) in [6, 6.07) is 2.48. The molecule has 0 saturated carbocycles. The lowest BCUT2D eigenvalue weighted by atomic mass is 10.1. The van der Waals surface area contributed by atoms with Gasteiger partial charge in [-0.15, -0.1) is 0 Å². The molecule has 0 saturated heterocycles. The minimum Gasteiger partial charge on any atom is -0.310 e. The molecule has 1 unspecified atom stereocenters. The normalized spacial score (nSPS) is 12.9. The molecule has 0 aromatic carbocycles. The number of aryl methyl sites for hydroxylation is 3. The van der Waals surface area contributed by atoms with Gasteiger partial charge >= 0.3 is 0 Å². The standard InChI is InChI=1S/C16H27N5/c1-7-17-12(4)16-13(5)19-21(14(16)6)10-15-9-11(3)18-20(15)8-2/h9,12,17H,7-8,10H2,1-6H3. The maximum atomic E-state index is 4.73. The number of aromatic nitrogens is 4. The monoisotopic (exact) mass is 289 g/mol. The summed E-state index contributed by atoms with van der Waals surface area (Å²) in [7, 11) is 0. The van der Waals surface area contributed by atoms with Gasteiger partial charge in [-0.25, -0.2) is 0 Å². The maximum Gasteiger partial charge on any atom is 0.0831 e. The highest BCUT2D eigenvalue weighted by Gasteiger charge is 2.17. The van der Waals surface area contributed by atoms with Crippen LogP contribution in [0.5, 0.6) is 0 Å². The lowest BCUT2D eigenvalue weighted by molar-refractivity contribution is 0.562. The molecule has 0 aliphatic heterocycles. The van der Waals surface area contributed by atoms with E-state index >= 15 is 0 Å². The molecule has 1 atom stereocenters. The van der Waals surface area contributed by atoms with Crippen molar-refractivity contribution in [2.75, 3.05) is 6.54 Å². The first kappa shape index (κ1) is 15.8. The summed E-state index contributed by atoms with van der Waals surface area (Å²) in [5.74, 6) is 0. The van der Waals surface area contributed by atoms with E-state index in [1.54, 1.807) is 0 Å². The molecule has 0 spiro atoms. The summed E-state index contributed by atoms with van der Waals surface area (Å²) < 4.78 is 4.15. The van der Waals surface area contributed by atoms with Crippen LogP contribution in [0.2, 0.25) is 0 Å². The van der Waals surface area contributed by atoms with Crippen molar-refractivity contribution in [3.05, 3.63) is 34.4 Å². The minimum absolute atomic E-state index is 0.335. The van der Waals surface area contributed by atoms with Crippen molar-refractivity contribution in [1.82, 2.24) is 24.9 Å². The topological polar surface area (TPSA) is 47.7 Å². The molecular formula is C16H27N5. The SMILES string of the molecule is CCNC(C)c1c(C)nn(Cc2cc(C)nn2CC)c1C. The summed E-state index contributed by atoms with van der Waals surface area (Å²) in [6.07, 6.45) is 0. The van der Waals surface area contributed by atoms with Gasteiger partial charge < -0.3 is 5.32 Å². The molecule has 2 rings (SSSR count). The average molecular weight is 289 g/mol. The van der Waals surface area contributed by atoms with E-state index in [4.69, 9.17) is 5.10 Å². The van der Waals surface area contributed by atoms with Gasteiger partial charge in [0.15, 0.2) is 0 Å². The predicted octanol–water partition coefficient (Wildman–Crippen LogP) is 2.74. The van der Waals surface area contributed by atoms with E-state index in [2.05, 4.69) is 60.5 Å². The first-order valence-corrected chi connectivity index (χ1v) is 7.78. The van der Waals surface area contributed by atoms with Gasteiger partial charge in [0.1, 0.15) is 0 Å². The average Bonchev–Trinajstić information content (AvgIpc) is 2.91. The van der Waals surface area contributed by atoms with Crippen LogP contribution >= 0.6 is 0 Å². The maximum absolute atomic E-state index is 4.73. The highest BCUT2D eigenvalue weighted by molar-refractivity contribution is 5.28. The molecule has 2 aromatic rings. The fourth-order valence-electron chi connectivity index (χ4n) is 3.05. The number of nitrogens with zero attached hydrogens (tertiary/aromatic N) is 4. The second-order valence-corrected chi connectivity index (χ2v) is 5.61. The van der Waals surface area contributed by atoms with Crippen molar-refractivity contribution in [3.8, 4) is 0 Å². The van der Waals surface area contributed by atoms with E-state index in [-0.39, 0.29) is 0 Å². The molecular weight excluding hydrogens is 262 g/mol. The summed E-state index contributed by atoms with van der Waals surface area (Å²) in [5.41, 5.74) is 5.94. The van der Waals surface area contributed by atoms with Gasteiger partial charge in [0.25, 0.3) is 0 Å². The van der Waals surface area contributed by atoms with Gasteiger partial charge in [-0.2, -0.15) is 10.2 Å². The smallest absolute Gasteiger partial charge is 0.0831 e. The van der Waals surface area contributed by atoms with E-state index < -0.39 is 0 Å². The zero-order chi connectivity index (χ0) is 15.6. The Bertz CT molecular complexity index is 608. The number of nitrogens with one attached hydrogen (secondary N) is 1. The third-order valence-corrected chi connectivity index (χ3v) is 3.98. The van der Waals surface area contributed by atoms with Crippen LogP contribution < -0.4 is 5.32 Å². The van der Waals surface area contributed by atoms with Crippen molar-refractivity contribution >= 4 is 0 Å². The van der Waals surface area contributed by atoms with Gasteiger partial charge in [-0.3, -0.25) is 9.36 Å². The fraction of sp³-hybridized carbons (Fsp3) is 0.625. The first-order chi connectivity index (χ1) is 9.97. The Kier molecular flexibility index (Phi) is 4.83. The van der Waals surface area contributed by atoms with Crippen LogP contribution in [-0.2, 0) is 13.1 Å². The molecule has 116 valence electrons. The number of hydrogen-bond acceptors (Lipinski definition) is 3. The van der Waals surface area contributed by atoms with Crippen LogP contribution in [0, 0.1) is 20.8 Å². The zero-order valence-corrected chi connectivity index (χ0v) is 14.1. The van der Waals surface area contributed by atoms with Crippen molar-refractivity contribution in [2.45, 2.75) is 60.7 Å². The lowest BCUT2D eigenvalue weighted by Gasteiger charge is -2.13. The van der Waals surface area contributed by atoms with Crippen LogP contribution in [0.15, 0.2) is 6.07 Å². The van der Waals surface area contributed by atoms with Crippen LogP contribution in [0.1, 0.15) is 55.2 Å². The van der Waals surface area contributed by atoms with Gasteiger partial charge in [0.05, 0.1) is 23.6 Å². The molecule has 21 heavy (non-hydrogen) atoms. The van der Waals surface area contributed by atoms with E-state index in [1.165, 1.54) is 17.0 Å². The van der Waals surface area contributed by atoms with Gasteiger partial charge in [0, 0.05) is 23.8 Å². The highest BCUT2D eigenvalue weighted by atomic mass is 15.3. The Hall–Kier alpha value is -1.62.